The van der Waals surface area contributed by atoms with E-state index in [0.29, 0.717) is 5.92 Å². The summed E-state index contributed by atoms with van der Waals surface area (Å²) in [5.74, 6) is 0.437. The van der Waals surface area contributed by atoms with Gasteiger partial charge in [-0.25, -0.2) is 0 Å². The molecule has 2 unspecified atom stereocenters. The maximum atomic E-state index is 9.71. The molecule has 1 saturated carbocycles. The summed E-state index contributed by atoms with van der Waals surface area (Å²) < 4.78 is 0. The molecule has 1 fully saturated rings. The van der Waals surface area contributed by atoms with Crippen molar-refractivity contribution in [3.8, 4) is 0 Å². The molecule has 0 aromatic heterocycles. The first kappa shape index (κ1) is 12.0. The molecule has 0 aliphatic heterocycles. The Hall–Kier alpha value is -0.0500. The minimum atomic E-state index is -0.100. The molecule has 0 amide bonds. The Bertz CT molecular complexity index is 194. The minimum Gasteiger partial charge on any atom is -0.393 e. The normalized spacial score (nSPS) is 29.2. The molecule has 1 aliphatic carbocycles. The Balaban J connectivity index is 2.16. The molecule has 2 N–H and O–H groups in total. The third-order valence-corrected chi connectivity index (χ3v) is 3.24. The van der Waals surface area contributed by atoms with E-state index < -0.39 is 0 Å². The van der Waals surface area contributed by atoms with Crippen LogP contribution in [0.25, 0.3) is 0 Å². The van der Waals surface area contributed by atoms with Crippen LogP contribution in [-0.2, 0) is 0 Å². The van der Waals surface area contributed by atoms with Crippen LogP contribution in [0.1, 0.15) is 32.6 Å². The lowest BCUT2D eigenvalue weighted by Crippen LogP contribution is -2.34. The average molecular weight is 218 g/mol. The summed E-state index contributed by atoms with van der Waals surface area (Å²) in [6, 6.07) is 0. The Labute approximate surface area is 91.3 Å². The van der Waals surface area contributed by atoms with Gasteiger partial charge in [-0.2, -0.15) is 0 Å². The maximum Gasteiger partial charge on any atom is 0.0580 e. The van der Waals surface area contributed by atoms with Crippen molar-refractivity contribution in [1.29, 1.82) is 0 Å². The molecular weight excluding hydrogens is 198 g/mol. The molecule has 0 heterocycles. The molecule has 1 rings (SSSR count). The van der Waals surface area contributed by atoms with Crippen LogP contribution >= 0.6 is 11.6 Å². The molecule has 0 saturated heterocycles. The third kappa shape index (κ3) is 3.99. The van der Waals surface area contributed by atoms with Gasteiger partial charge in [0, 0.05) is 18.6 Å². The van der Waals surface area contributed by atoms with E-state index in [-0.39, 0.29) is 6.10 Å². The predicted molar refractivity (Wildman–Crippen MR) is 60.4 cm³/mol. The Morgan fingerprint density at radius 2 is 2.21 bits per heavy atom. The second-order valence-corrected chi connectivity index (χ2v) is 4.42. The third-order valence-electron chi connectivity index (χ3n) is 2.87. The monoisotopic (exact) mass is 217 g/mol. The molecule has 0 spiro atoms. The highest BCUT2D eigenvalue weighted by Crippen LogP contribution is 2.23. The van der Waals surface area contributed by atoms with Crippen molar-refractivity contribution < 1.29 is 5.11 Å². The fourth-order valence-electron chi connectivity index (χ4n) is 1.92. The van der Waals surface area contributed by atoms with Gasteiger partial charge in [0.25, 0.3) is 0 Å². The van der Waals surface area contributed by atoms with Crippen molar-refractivity contribution in [2.75, 3.05) is 13.1 Å². The number of nitrogens with one attached hydrogen (secondary N) is 1. The van der Waals surface area contributed by atoms with Gasteiger partial charge in [0.05, 0.1) is 6.10 Å². The van der Waals surface area contributed by atoms with E-state index in [1.807, 2.05) is 6.92 Å². The van der Waals surface area contributed by atoms with Gasteiger partial charge in [-0.05, 0) is 31.3 Å². The first-order chi connectivity index (χ1) is 6.74. The van der Waals surface area contributed by atoms with Crippen LogP contribution in [0, 0.1) is 5.92 Å². The van der Waals surface area contributed by atoms with Gasteiger partial charge in [-0.3, -0.25) is 0 Å². The first-order valence-corrected chi connectivity index (χ1v) is 5.82. The highest BCUT2D eigenvalue weighted by molar-refractivity contribution is 6.25. The quantitative estimate of drug-likeness (QED) is 0.758. The van der Waals surface area contributed by atoms with E-state index in [9.17, 15) is 5.11 Å². The molecule has 0 bridgehead atoms. The second kappa shape index (κ2) is 6.44. The van der Waals surface area contributed by atoms with Crippen LogP contribution in [-0.4, -0.2) is 24.3 Å². The molecule has 3 heteroatoms. The molecule has 0 aromatic carbocycles. The zero-order valence-corrected chi connectivity index (χ0v) is 9.56. The Morgan fingerprint density at radius 1 is 1.50 bits per heavy atom. The summed E-state index contributed by atoms with van der Waals surface area (Å²) in [5, 5.41) is 13.0. The van der Waals surface area contributed by atoms with Crippen LogP contribution in [0.5, 0.6) is 0 Å². The molecule has 14 heavy (non-hydrogen) atoms. The van der Waals surface area contributed by atoms with E-state index in [4.69, 9.17) is 11.6 Å². The molecule has 0 aromatic rings. The van der Waals surface area contributed by atoms with Crippen molar-refractivity contribution in [1.82, 2.24) is 5.32 Å². The molecule has 1 aliphatic rings. The zero-order chi connectivity index (χ0) is 10.4. The summed E-state index contributed by atoms with van der Waals surface area (Å²) in [6.45, 7) is 3.73. The van der Waals surface area contributed by atoms with Crippen molar-refractivity contribution in [3.05, 3.63) is 11.1 Å². The van der Waals surface area contributed by atoms with E-state index in [1.165, 1.54) is 12.8 Å². The van der Waals surface area contributed by atoms with Crippen molar-refractivity contribution in [3.63, 3.8) is 0 Å². The van der Waals surface area contributed by atoms with Gasteiger partial charge in [-0.15, -0.1) is 0 Å². The summed E-state index contributed by atoms with van der Waals surface area (Å²) >= 11 is 5.55. The SMILES string of the molecule is CC(=CCl)CNCC1CCCCC1O. The fourth-order valence-corrected chi connectivity index (χ4v) is 2.00. The van der Waals surface area contributed by atoms with Crippen LogP contribution in [0.2, 0.25) is 0 Å². The summed E-state index contributed by atoms with van der Waals surface area (Å²) in [7, 11) is 0. The standard InChI is InChI=1S/C11H20ClNO/c1-9(6-12)7-13-8-10-4-2-3-5-11(10)14/h6,10-11,13-14H,2-5,7-8H2,1H3. The summed E-state index contributed by atoms with van der Waals surface area (Å²) in [4.78, 5) is 0. The van der Waals surface area contributed by atoms with Gasteiger partial charge in [-0.1, -0.05) is 24.4 Å². The number of hydrogen-bond donors (Lipinski definition) is 2. The van der Waals surface area contributed by atoms with Crippen LogP contribution in [0.15, 0.2) is 11.1 Å². The van der Waals surface area contributed by atoms with E-state index in [0.717, 1.165) is 31.5 Å². The lowest BCUT2D eigenvalue weighted by Gasteiger charge is -2.27. The summed E-state index contributed by atoms with van der Waals surface area (Å²) in [5.41, 5.74) is 2.74. The largest absolute Gasteiger partial charge is 0.393 e. The van der Waals surface area contributed by atoms with E-state index >= 15 is 0 Å². The maximum absolute atomic E-state index is 9.71. The lowest BCUT2D eigenvalue weighted by molar-refractivity contribution is 0.0701. The van der Waals surface area contributed by atoms with Crippen LogP contribution in [0.4, 0.5) is 0 Å². The number of aliphatic hydroxyl groups is 1. The summed E-state index contributed by atoms with van der Waals surface area (Å²) in [6.07, 6.45) is 4.46. The zero-order valence-electron chi connectivity index (χ0n) is 8.80. The Morgan fingerprint density at radius 3 is 2.86 bits per heavy atom. The molecule has 2 nitrogen and oxygen atoms in total. The van der Waals surface area contributed by atoms with Gasteiger partial charge in [0.2, 0.25) is 0 Å². The Kier molecular flexibility index (Phi) is 5.53. The predicted octanol–water partition coefficient (Wildman–Crippen LogP) is 2.27. The fraction of sp³-hybridized carbons (Fsp3) is 0.818. The highest BCUT2D eigenvalue weighted by Gasteiger charge is 2.22. The molecular formula is C11H20ClNO. The van der Waals surface area contributed by atoms with Crippen molar-refractivity contribution in [2.45, 2.75) is 38.7 Å². The van der Waals surface area contributed by atoms with E-state index in [1.54, 1.807) is 5.54 Å². The molecule has 0 radical (unpaired) electrons. The van der Waals surface area contributed by atoms with E-state index in [2.05, 4.69) is 5.32 Å². The van der Waals surface area contributed by atoms with Gasteiger partial charge < -0.3 is 10.4 Å². The number of halogens is 1. The van der Waals surface area contributed by atoms with Crippen LogP contribution in [0.3, 0.4) is 0 Å². The minimum absolute atomic E-state index is 0.100. The topological polar surface area (TPSA) is 32.3 Å². The first-order valence-electron chi connectivity index (χ1n) is 5.38. The average Bonchev–Trinajstić information content (AvgIpc) is 2.20. The van der Waals surface area contributed by atoms with Gasteiger partial charge in [0.1, 0.15) is 0 Å². The van der Waals surface area contributed by atoms with Crippen LogP contribution < -0.4 is 5.32 Å². The molecule has 2 atom stereocenters. The lowest BCUT2D eigenvalue weighted by atomic mass is 9.86. The smallest absolute Gasteiger partial charge is 0.0580 e. The number of rotatable bonds is 4. The number of hydrogen-bond acceptors (Lipinski definition) is 2. The number of aliphatic hydroxyl groups excluding tert-OH is 1. The highest BCUT2D eigenvalue weighted by atomic mass is 35.5. The molecule has 82 valence electrons. The van der Waals surface area contributed by atoms with Crippen molar-refractivity contribution in [2.24, 2.45) is 5.92 Å². The second-order valence-electron chi connectivity index (χ2n) is 4.20. The van der Waals surface area contributed by atoms with Gasteiger partial charge in [0.15, 0.2) is 0 Å². The van der Waals surface area contributed by atoms with Crippen molar-refractivity contribution >= 4 is 11.6 Å². The van der Waals surface area contributed by atoms with Gasteiger partial charge >= 0.3 is 0 Å².